The van der Waals surface area contributed by atoms with E-state index in [1.165, 1.54) is 0 Å². The molecular weight excluding hydrogens is 364 g/mol. The van der Waals surface area contributed by atoms with E-state index >= 15 is 0 Å². The minimum atomic E-state index is -0.446. The molecule has 146 valence electrons. The number of nitrogens with two attached hydrogens (primary N) is 1. The molecule has 0 fully saturated rings. The van der Waals surface area contributed by atoms with Gasteiger partial charge in [-0.05, 0) is 25.0 Å². The minimum absolute atomic E-state index is 0. The summed E-state index contributed by atoms with van der Waals surface area (Å²) in [5.41, 5.74) is 7.88. The van der Waals surface area contributed by atoms with E-state index in [0.717, 1.165) is 11.1 Å². The smallest absolute Gasteiger partial charge is 0.308 e. The first-order valence-electron chi connectivity index (χ1n) is 8.80. The van der Waals surface area contributed by atoms with Crippen LogP contribution in [0.1, 0.15) is 49.9 Å². The van der Waals surface area contributed by atoms with E-state index in [9.17, 15) is 9.59 Å². The number of rotatable bonds is 8. The molecule has 0 aromatic heterocycles. The lowest BCUT2D eigenvalue weighted by Crippen LogP contribution is -2.33. The average molecular weight is 391 g/mol. The van der Waals surface area contributed by atoms with Crippen LogP contribution in [0.3, 0.4) is 0 Å². The molecule has 0 spiro atoms. The zero-order valence-electron chi connectivity index (χ0n) is 15.6. The van der Waals surface area contributed by atoms with Crippen molar-refractivity contribution in [3.05, 3.63) is 71.8 Å². The maximum atomic E-state index is 12.5. The van der Waals surface area contributed by atoms with Gasteiger partial charge in [0.2, 0.25) is 5.91 Å². The second-order valence-electron chi connectivity index (χ2n) is 6.49. The molecule has 0 radical (unpaired) electrons. The summed E-state index contributed by atoms with van der Waals surface area (Å²) < 4.78 is 5.22. The minimum Gasteiger partial charge on any atom is -0.463 e. The lowest BCUT2D eigenvalue weighted by atomic mass is 10.0. The molecular formula is C21H27ClN2O3. The average Bonchev–Trinajstić information content (AvgIpc) is 2.62. The van der Waals surface area contributed by atoms with E-state index in [1.54, 1.807) is 13.8 Å². The van der Waals surface area contributed by atoms with Crippen LogP contribution in [-0.2, 0) is 14.3 Å². The van der Waals surface area contributed by atoms with E-state index < -0.39 is 12.1 Å². The molecule has 27 heavy (non-hydrogen) atoms. The molecule has 2 aromatic rings. The van der Waals surface area contributed by atoms with Crippen LogP contribution in [0, 0.1) is 0 Å². The molecule has 5 nitrogen and oxygen atoms in total. The van der Waals surface area contributed by atoms with E-state index in [4.69, 9.17) is 10.5 Å². The van der Waals surface area contributed by atoms with E-state index in [0.29, 0.717) is 0 Å². The summed E-state index contributed by atoms with van der Waals surface area (Å²) in [6.07, 6.45) is 0.0299. The Morgan fingerprint density at radius 2 is 1.44 bits per heavy atom. The Balaban J connectivity index is 0.00000364. The third-order valence-corrected chi connectivity index (χ3v) is 3.91. The van der Waals surface area contributed by atoms with Crippen molar-refractivity contribution in [2.75, 3.05) is 0 Å². The largest absolute Gasteiger partial charge is 0.463 e. The standard InChI is InChI=1S/C21H26N2O3.ClH/c1-15(2)26-21(25)14-19(17-11-7-4-8-12-17)23-20(24)13-18(22)16-9-5-3-6-10-16;/h3-12,15,18-19H,13-14,22H2,1-2H3,(H,23,24);1H. The topological polar surface area (TPSA) is 81.4 Å². The summed E-state index contributed by atoms with van der Waals surface area (Å²) in [6, 6.07) is 18.0. The van der Waals surface area contributed by atoms with Gasteiger partial charge in [0.15, 0.2) is 0 Å². The molecule has 0 saturated heterocycles. The van der Waals surface area contributed by atoms with Gasteiger partial charge in [-0.1, -0.05) is 60.7 Å². The van der Waals surface area contributed by atoms with Gasteiger partial charge < -0.3 is 15.8 Å². The lowest BCUT2D eigenvalue weighted by molar-refractivity contribution is -0.148. The Labute approximate surface area is 166 Å². The van der Waals surface area contributed by atoms with Gasteiger partial charge in [-0.15, -0.1) is 12.4 Å². The molecule has 0 heterocycles. The fourth-order valence-electron chi connectivity index (χ4n) is 2.69. The Hall–Kier alpha value is -2.37. The first-order chi connectivity index (χ1) is 12.5. The Kier molecular flexibility index (Phi) is 9.54. The summed E-state index contributed by atoms with van der Waals surface area (Å²) in [4.78, 5) is 24.5. The van der Waals surface area contributed by atoms with Crippen molar-refractivity contribution in [1.29, 1.82) is 0 Å². The first-order valence-corrected chi connectivity index (χ1v) is 8.80. The highest BCUT2D eigenvalue weighted by Crippen LogP contribution is 2.19. The summed E-state index contributed by atoms with van der Waals surface area (Å²) in [6.45, 7) is 3.60. The molecule has 2 unspecified atom stereocenters. The first kappa shape index (κ1) is 22.7. The Bertz CT molecular complexity index is 708. The predicted octanol–water partition coefficient (Wildman–Crippen LogP) is 3.70. The highest BCUT2D eigenvalue weighted by molar-refractivity contribution is 5.85. The van der Waals surface area contributed by atoms with Crippen LogP contribution in [0.2, 0.25) is 0 Å². The number of halogens is 1. The molecule has 0 aliphatic carbocycles. The second kappa shape index (κ2) is 11.4. The molecule has 2 aromatic carbocycles. The van der Waals surface area contributed by atoms with Gasteiger partial charge in [-0.2, -0.15) is 0 Å². The van der Waals surface area contributed by atoms with Crippen LogP contribution in [0.25, 0.3) is 0 Å². The van der Waals surface area contributed by atoms with Crippen molar-refractivity contribution in [1.82, 2.24) is 5.32 Å². The number of benzene rings is 2. The summed E-state index contributed by atoms with van der Waals surface area (Å²) in [7, 11) is 0. The van der Waals surface area contributed by atoms with Crippen molar-refractivity contribution in [2.24, 2.45) is 5.73 Å². The fourth-order valence-corrected chi connectivity index (χ4v) is 2.69. The molecule has 0 saturated carbocycles. The number of carbonyl (C=O) groups is 2. The SMILES string of the molecule is CC(C)OC(=O)CC(NC(=O)CC(N)c1ccccc1)c1ccccc1.Cl. The lowest BCUT2D eigenvalue weighted by Gasteiger charge is -2.20. The number of esters is 1. The van der Waals surface area contributed by atoms with Gasteiger partial charge in [0, 0.05) is 12.5 Å². The maximum Gasteiger partial charge on any atom is 0.308 e. The Morgan fingerprint density at radius 3 is 1.96 bits per heavy atom. The van der Waals surface area contributed by atoms with Crippen LogP contribution >= 0.6 is 12.4 Å². The van der Waals surface area contributed by atoms with Crippen molar-refractivity contribution >= 4 is 24.3 Å². The van der Waals surface area contributed by atoms with E-state index in [1.807, 2.05) is 60.7 Å². The third-order valence-electron chi connectivity index (χ3n) is 3.91. The molecule has 6 heteroatoms. The van der Waals surface area contributed by atoms with Crippen LogP contribution in [-0.4, -0.2) is 18.0 Å². The number of ether oxygens (including phenoxy) is 1. The van der Waals surface area contributed by atoms with Crippen LogP contribution in [0.5, 0.6) is 0 Å². The molecule has 2 rings (SSSR count). The van der Waals surface area contributed by atoms with Gasteiger partial charge in [0.05, 0.1) is 18.6 Å². The summed E-state index contributed by atoms with van der Waals surface area (Å²) in [5, 5.41) is 2.92. The maximum absolute atomic E-state index is 12.5. The van der Waals surface area contributed by atoms with Gasteiger partial charge in [-0.3, -0.25) is 9.59 Å². The van der Waals surface area contributed by atoms with Crippen molar-refractivity contribution in [2.45, 2.75) is 44.9 Å². The number of carbonyl (C=O) groups excluding carboxylic acids is 2. The zero-order valence-corrected chi connectivity index (χ0v) is 16.4. The normalized spacial score (nSPS) is 12.6. The van der Waals surface area contributed by atoms with Crippen molar-refractivity contribution < 1.29 is 14.3 Å². The summed E-state index contributed by atoms with van der Waals surface area (Å²) in [5.74, 6) is -0.547. The van der Waals surface area contributed by atoms with Crippen LogP contribution < -0.4 is 11.1 Å². The van der Waals surface area contributed by atoms with Gasteiger partial charge in [0.25, 0.3) is 0 Å². The molecule has 0 bridgehead atoms. The number of nitrogens with one attached hydrogen (secondary N) is 1. The van der Waals surface area contributed by atoms with E-state index in [-0.39, 0.29) is 43.2 Å². The molecule has 3 N–H and O–H groups in total. The number of hydrogen-bond donors (Lipinski definition) is 2. The highest BCUT2D eigenvalue weighted by atomic mass is 35.5. The zero-order chi connectivity index (χ0) is 18.9. The van der Waals surface area contributed by atoms with Crippen molar-refractivity contribution in [3.63, 3.8) is 0 Å². The number of hydrogen-bond acceptors (Lipinski definition) is 4. The monoisotopic (exact) mass is 390 g/mol. The van der Waals surface area contributed by atoms with Crippen LogP contribution in [0.15, 0.2) is 60.7 Å². The van der Waals surface area contributed by atoms with Gasteiger partial charge in [-0.25, -0.2) is 0 Å². The molecule has 2 atom stereocenters. The molecule has 1 amide bonds. The predicted molar refractivity (Wildman–Crippen MR) is 108 cm³/mol. The second-order valence-corrected chi connectivity index (χ2v) is 6.49. The van der Waals surface area contributed by atoms with Gasteiger partial charge in [0.1, 0.15) is 0 Å². The fraction of sp³-hybridized carbons (Fsp3) is 0.333. The quantitative estimate of drug-likeness (QED) is 0.673. The Morgan fingerprint density at radius 1 is 0.926 bits per heavy atom. The molecule has 0 aliphatic rings. The third kappa shape index (κ3) is 7.81. The van der Waals surface area contributed by atoms with Gasteiger partial charge >= 0.3 is 5.97 Å². The van der Waals surface area contributed by atoms with Crippen molar-refractivity contribution in [3.8, 4) is 0 Å². The van der Waals surface area contributed by atoms with Crippen LogP contribution in [0.4, 0.5) is 0 Å². The molecule has 0 aliphatic heterocycles. The summed E-state index contributed by atoms with van der Waals surface area (Å²) >= 11 is 0. The van der Waals surface area contributed by atoms with E-state index in [2.05, 4.69) is 5.32 Å². The highest BCUT2D eigenvalue weighted by Gasteiger charge is 2.21. The number of amides is 1.